The molecule has 3 aromatic heterocycles. The van der Waals surface area contributed by atoms with Gasteiger partial charge in [0.2, 0.25) is 0 Å². The largest absolute Gasteiger partial charge is 0.433 e. The Bertz CT molecular complexity index is 1060. The number of anilines is 1. The first-order chi connectivity index (χ1) is 13.5. The fourth-order valence-electron chi connectivity index (χ4n) is 2.70. The first-order valence-electron chi connectivity index (χ1n) is 8.10. The molecule has 4 rings (SSSR count). The summed E-state index contributed by atoms with van der Waals surface area (Å²) in [5, 5.41) is 13.8. The van der Waals surface area contributed by atoms with Gasteiger partial charge >= 0.3 is 5.88 Å². The second-order valence-corrected chi connectivity index (χ2v) is 6.89. The number of hydrogen-bond donors (Lipinski definition) is 1. The lowest BCUT2D eigenvalue weighted by Gasteiger charge is -2.24. The van der Waals surface area contributed by atoms with E-state index in [0.717, 1.165) is 16.6 Å². The Morgan fingerprint density at radius 1 is 1.32 bits per heavy atom. The second kappa shape index (κ2) is 7.15. The number of fused-ring (bicyclic) bond motifs is 1. The van der Waals surface area contributed by atoms with E-state index in [-0.39, 0.29) is 18.0 Å². The number of nitro groups is 1. The molecule has 1 N–H and O–H groups in total. The maximum atomic E-state index is 12.5. The minimum absolute atomic E-state index is 0.0872. The van der Waals surface area contributed by atoms with Crippen molar-refractivity contribution in [3.8, 4) is 0 Å². The van der Waals surface area contributed by atoms with Crippen molar-refractivity contribution in [2.45, 2.75) is 13.0 Å². The van der Waals surface area contributed by atoms with E-state index in [0.29, 0.717) is 18.1 Å². The maximum Gasteiger partial charge on any atom is 0.433 e. The molecule has 4 heterocycles. The number of rotatable bonds is 4. The number of nitrogens with zero attached hydrogens (tertiary/aromatic N) is 5. The van der Waals surface area contributed by atoms with Gasteiger partial charge in [0.25, 0.3) is 11.8 Å². The van der Waals surface area contributed by atoms with Crippen LogP contribution in [-0.4, -0.2) is 43.1 Å². The number of hydrogen-bond acceptors (Lipinski definition) is 9. The van der Waals surface area contributed by atoms with Crippen molar-refractivity contribution < 1.29 is 18.9 Å². The standard InChI is InChI=1S/C16H12N6O5S/c23-14(10-7-17-4-5-18-10)20-16-19-9-3-6-21(8-12(9)28-16)15(24)11-1-2-13(27-11)22(25)26/h1-2,4-5,7H,3,6,8H2,(H,19,20,23). The molecular formula is C16H12N6O5S. The molecule has 12 heteroatoms. The van der Waals surface area contributed by atoms with Crippen LogP contribution in [0.2, 0.25) is 0 Å². The molecule has 0 atom stereocenters. The highest BCUT2D eigenvalue weighted by Gasteiger charge is 2.28. The smallest absolute Gasteiger partial charge is 0.395 e. The van der Waals surface area contributed by atoms with Gasteiger partial charge in [0, 0.05) is 30.2 Å². The molecule has 0 saturated carbocycles. The summed E-state index contributed by atoms with van der Waals surface area (Å²) in [5.41, 5.74) is 0.973. The number of furan rings is 1. The second-order valence-electron chi connectivity index (χ2n) is 5.81. The summed E-state index contributed by atoms with van der Waals surface area (Å²) in [6.07, 6.45) is 4.75. The van der Waals surface area contributed by atoms with Crippen LogP contribution >= 0.6 is 11.3 Å². The van der Waals surface area contributed by atoms with Gasteiger partial charge in [-0.1, -0.05) is 11.3 Å². The van der Waals surface area contributed by atoms with Gasteiger partial charge in [-0.05, 0) is 6.07 Å². The van der Waals surface area contributed by atoms with E-state index in [9.17, 15) is 19.7 Å². The Kier molecular flexibility index (Phi) is 4.53. The van der Waals surface area contributed by atoms with Gasteiger partial charge in [-0.3, -0.25) is 30.0 Å². The molecule has 28 heavy (non-hydrogen) atoms. The third-order valence-corrected chi connectivity index (χ3v) is 5.02. The number of aromatic nitrogens is 3. The van der Waals surface area contributed by atoms with Gasteiger partial charge in [0.15, 0.2) is 10.9 Å². The van der Waals surface area contributed by atoms with Gasteiger partial charge in [0.1, 0.15) is 10.6 Å². The van der Waals surface area contributed by atoms with E-state index < -0.39 is 22.6 Å². The molecule has 0 unspecified atom stereocenters. The maximum absolute atomic E-state index is 12.5. The fourth-order valence-corrected chi connectivity index (χ4v) is 3.72. The molecule has 1 aliphatic rings. The van der Waals surface area contributed by atoms with Crippen LogP contribution in [0.25, 0.3) is 0 Å². The van der Waals surface area contributed by atoms with E-state index in [1.54, 1.807) is 0 Å². The SMILES string of the molecule is O=C(Nc1nc2c(s1)CN(C(=O)c1ccc([N+](=O)[O-])o1)CC2)c1cnccn1. The molecule has 2 amide bonds. The van der Waals surface area contributed by atoms with E-state index >= 15 is 0 Å². The molecule has 142 valence electrons. The van der Waals surface area contributed by atoms with Crippen LogP contribution in [0.1, 0.15) is 31.6 Å². The Balaban J connectivity index is 1.46. The zero-order valence-corrected chi connectivity index (χ0v) is 15.0. The van der Waals surface area contributed by atoms with Crippen LogP contribution in [0.4, 0.5) is 11.0 Å². The topological polar surface area (TPSA) is 144 Å². The molecule has 0 spiro atoms. The predicted octanol–water partition coefficient (Wildman–Crippen LogP) is 1.89. The van der Waals surface area contributed by atoms with Gasteiger partial charge < -0.3 is 9.32 Å². The van der Waals surface area contributed by atoms with Crippen molar-refractivity contribution in [1.29, 1.82) is 0 Å². The van der Waals surface area contributed by atoms with Crippen LogP contribution in [0.5, 0.6) is 0 Å². The van der Waals surface area contributed by atoms with Crippen LogP contribution in [0, 0.1) is 10.1 Å². The highest BCUT2D eigenvalue weighted by atomic mass is 32.1. The highest BCUT2D eigenvalue weighted by molar-refractivity contribution is 7.15. The van der Waals surface area contributed by atoms with Crippen molar-refractivity contribution in [3.63, 3.8) is 0 Å². The molecule has 0 aliphatic carbocycles. The van der Waals surface area contributed by atoms with Crippen molar-refractivity contribution >= 4 is 34.2 Å². The van der Waals surface area contributed by atoms with Gasteiger partial charge in [-0.2, -0.15) is 0 Å². The summed E-state index contributed by atoms with van der Waals surface area (Å²) < 4.78 is 4.98. The normalized spacial score (nSPS) is 13.1. The molecule has 0 bridgehead atoms. The van der Waals surface area contributed by atoms with Crippen molar-refractivity contribution in [3.05, 3.63) is 62.9 Å². The predicted molar refractivity (Wildman–Crippen MR) is 95.9 cm³/mol. The quantitative estimate of drug-likeness (QED) is 0.516. The minimum atomic E-state index is -0.694. The number of nitrogens with one attached hydrogen (secondary N) is 1. The average molecular weight is 400 g/mol. The summed E-state index contributed by atoms with van der Waals surface area (Å²) >= 11 is 1.26. The first-order valence-corrected chi connectivity index (χ1v) is 8.92. The number of amides is 2. The number of carbonyl (C=O) groups is 2. The fraction of sp³-hybridized carbons (Fsp3) is 0.188. The van der Waals surface area contributed by atoms with E-state index in [4.69, 9.17) is 4.42 Å². The van der Waals surface area contributed by atoms with E-state index in [2.05, 4.69) is 20.3 Å². The zero-order valence-electron chi connectivity index (χ0n) is 14.2. The van der Waals surface area contributed by atoms with Crippen molar-refractivity contribution in [2.75, 3.05) is 11.9 Å². The summed E-state index contributed by atoms with van der Waals surface area (Å²) in [4.78, 5) is 49.2. The number of thiazole rings is 1. The lowest BCUT2D eigenvalue weighted by Crippen LogP contribution is -2.35. The molecular weight excluding hydrogens is 388 g/mol. The van der Waals surface area contributed by atoms with Crippen LogP contribution in [-0.2, 0) is 13.0 Å². The van der Waals surface area contributed by atoms with Crippen LogP contribution in [0.15, 0.2) is 35.1 Å². The molecule has 0 fully saturated rings. The van der Waals surface area contributed by atoms with E-state index in [1.165, 1.54) is 40.9 Å². The zero-order chi connectivity index (χ0) is 19.7. The Morgan fingerprint density at radius 2 is 2.18 bits per heavy atom. The van der Waals surface area contributed by atoms with Crippen LogP contribution < -0.4 is 5.32 Å². The minimum Gasteiger partial charge on any atom is -0.395 e. The van der Waals surface area contributed by atoms with E-state index in [1.807, 2.05) is 0 Å². The summed E-state index contributed by atoms with van der Waals surface area (Å²) in [6.45, 7) is 0.670. The van der Waals surface area contributed by atoms with Crippen molar-refractivity contribution in [1.82, 2.24) is 19.9 Å². The van der Waals surface area contributed by atoms with Gasteiger partial charge in [0.05, 0.1) is 24.5 Å². The third-order valence-electron chi connectivity index (χ3n) is 4.02. The Hall–Kier alpha value is -3.67. The third kappa shape index (κ3) is 3.44. The Morgan fingerprint density at radius 3 is 2.89 bits per heavy atom. The van der Waals surface area contributed by atoms with Gasteiger partial charge in [-0.15, -0.1) is 0 Å². The molecule has 11 nitrogen and oxygen atoms in total. The lowest BCUT2D eigenvalue weighted by atomic mass is 10.1. The summed E-state index contributed by atoms with van der Waals surface area (Å²) in [7, 11) is 0. The molecule has 3 aromatic rings. The molecule has 0 radical (unpaired) electrons. The number of carbonyl (C=O) groups excluding carboxylic acids is 2. The Labute approximate surface area is 161 Å². The first kappa shape index (κ1) is 17.7. The van der Waals surface area contributed by atoms with Gasteiger partial charge in [-0.25, -0.2) is 9.97 Å². The summed E-state index contributed by atoms with van der Waals surface area (Å²) in [5.74, 6) is -1.42. The summed E-state index contributed by atoms with van der Waals surface area (Å²) in [6, 6.07) is 2.44. The monoisotopic (exact) mass is 400 g/mol. The van der Waals surface area contributed by atoms with Crippen LogP contribution in [0.3, 0.4) is 0 Å². The molecule has 0 aromatic carbocycles. The average Bonchev–Trinajstić information content (AvgIpc) is 3.34. The lowest BCUT2D eigenvalue weighted by molar-refractivity contribution is -0.402. The molecule has 1 aliphatic heterocycles. The van der Waals surface area contributed by atoms with Crippen molar-refractivity contribution in [2.24, 2.45) is 0 Å². The highest BCUT2D eigenvalue weighted by Crippen LogP contribution is 2.29. The molecule has 0 saturated heterocycles.